The van der Waals surface area contributed by atoms with E-state index in [0.29, 0.717) is 56.1 Å². The van der Waals surface area contributed by atoms with Gasteiger partial charge in [0.05, 0.1) is 24.4 Å². The van der Waals surface area contributed by atoms with E-state index < -0.39 is 65.7 Å². The molecule has 1 aliphatic carbocycles. The molecule has 318 valence electrons. The lowest BCUT2D eigenvalue weighted by atomic mass is 9.73. The minimum absolute atomic E-state index is 0.0173. The normalized spacial score (nSPS) is 40.6. The summed E-state index contributed by atoms with van der Waals surface area (Å²) >= 11 is 0. The van der Waals surface area contributed by atoms with Crippen molar-refractivity contribution in [3.8, 4) is 0 Å². The standard InChI is InChI=1S/C45H73NO10/c1-10-32-20-26(4)19-27(5)21-33(11-2)41-34(12-3)23-29(7)45(53,56-41)42(50)43(51)46-18-14-13-15-35(46)44(52)55-40(30(8)37(48)25-38(32)49)28(6)22-31-16-17-36(47)39(24-31)54-9/h20,22,26-27,29-31,33-37,39-41,47-48,53H,10-19,21,23-25H2,1-9H3/t26?,27-,29+,30+,31-,33-,34-,35?,36+,37-,39+,40+,41+,45+/m0/s1. The summed E-state index contributed by atoms with van der Waals surface area (Å²) in [6.07, 6.45) is 7.97. The monoisotopic (exact) mass is 788 g/mol. The first kappa shape index (κ1) is 46.3. The van der Waals surface area contributed by atoms with E-state index in [9.17, 15) is 34.5 Å². The molecule has 4 aliphatic rings. The van der Waals surface area contributed by atoms with E-state index >= 15 is 0 Å². The topological polar surface area (TPSA) is 160 Å². The van der Waals surface area contributed by atoms with Gasteiger partial charge in [-0.3, -0.25) is 14.4 Å². The van der Waals surface area contributed by atoms with Crippen LogP contribution in [0.4, 0.5) is 0 Å². The predicted octanol–water partition coefficient (Wildman–Crippen LogP) is 6.50. The van der Waals surface area contributed by atoms with Gasteiger partial charge in [0.25, 0.3) is 11.7 Å². The van der Waals surface area contributed by atoms with Crippen LogP contribution in [0.15, 0.2) is 23.3 Å². The van der Waals surface area contributed by atoms with Crippen LogP contribution in [-0.4, -0.2) is 99.7 Å². The highest BCUT2D eigenvalue weighted by Gasteiger charge is 2.55. The third-order valence-electron chi connectivity index (χ3n) is 13.6. The molecule has 0 aromatic heterocycles. The first-order valence-corrected chi connectivity index (χ1v) is 21.8. The number of cyclic esters (lactones) is 1. The van der Waals surface area contributed by atoms with E-state index in [1.54, 1.807) is 21.0 Å². The number of ketones is 2. The van der Waals surface area contributed by atoms with Gasteiger partial charge in [-0.2, -0.15) is 0 Å². The lowest BCUT2D eigenvalue weighted by Gasteiger charge is -2.48. The highest BCUT2D eigenvalue weighted by molar-refractivity contribution is 6.39. The Morgan fingerprint density at radius 3 is 2.25 bits per heavy atom. The van der Waals surface area contributed by atoms with Crippen LogP contribution in [0.1, 0.15) is 139 Å². The number of fused-ring (bicyclic) bond motifs is 3. The summed E-state index contributed by atoms with van der Waals surface area (Å²) in [5, 5.41) is 34.2. The number of ether oxygens (including phenoxy) is 3. The highest BCUT2D eigenvalue weighted by Crippen LogP contribution is 2.44. The number of rotatable bonds is 6. The number of Topliss-reactive ketones (excluding diaryl/α,β-unsaturated/α-hetero) is 2. The number of hydrogen-bond acceptors (Lipinski definition) is 10. The number of methoxy groups -OCH3 is 1. The average molecular weight is 788 g/mol. The summed E-state index contributed by atoms with van der Waals surface area (Å²) in [6.45, 7) is 15.9. The van der Waals surface area contributed by atoms with Gasteiger partial charge < -0.3 is 34.4 Å². The molecule has 0 aromatic carbocycles. The molecule has 3 heterocycles. The number of hydrogen-bond donors (Lipinski definition) is 3. The largest absolute Gasteiger partial charge is 0.456 e. The molecule has 2 bridgehead atoms. The molecule has 0 spiro atoms. The Balaban J connectivity index is 1.76. The summed E-state index contributed by atoms with van der Waals surface area (Å²) in [5.41, 5.74) is 1.35. The van der Waals surface area contributed by atoms with E-state index in [0.717, 1.165) is 25.7 Å². The van der Waals surface area contributed by atoms with Crippen molar-refractivity contribution in [3.63, 3.8) is 0 Å². The minimum Gasteiger partial charge on any atom is -0.456 e. The molecule has 2 saturated heterocycles. The Labute approximate surface area is 336 Å². The second-order valence-electron chi connectivity index (χ2n) is 17.9. The van der Waals surface area contributed by atoms with Gasteiger partial charge in [0, 0.05) is 31.9 Å². The van der Waals surface area contributed by atoms with Crippen molar-refractivity contribution in [2.45, 2.75) is 181 Å². The minimum atomic E-state index is -2.34. The molecule has 1 saturated carbocycles. The number of aliphatic hydroxyl groups excluding tert-OH is 2. The van der Waals surface area contributed by atoms with E-state index in [1.807, 2.05) is 26.0 Å². The molecule has 3 fully saturated rings. The molecule has 3 N–H and O–H groups in total. The van der Waals surface area contributed by atoms with Gasteiger partial charge in [0.2, 0.25) is 5.79 Å². The number of piperidine rings is 1. The van der Waals surface area contributed by atoms with Crippen LogP contribution in [0.3, 0.4) is 0 Å². The van der Waals surface area contributed by atoms with Crippen LogP contribution in [0.2, 0.25) is 0 Å². The average Bonchev–Trinajstić information content (AvgIpc) is 3.18. The molecular weight excluding hydrogens is 714 g/mol. The van der Waals surface area contributed by atoms with Crippen LogP contribution in [0.25, 0.3) is 0 Å². The van der Waals surface area contributed by atoms with Gasteiger partial charge in [-0.05, 0) is 112 Å². The molecule has 11 nitrogen and oxygen atoms in total. The number of amides is 1. The van der Waals surface area contributed by atoms with Crippen LogP contribution < -0.4 is 0 Å². The summed E-state index contributed by atoms with van der Waals surface area (Å²) in [6, 6.07) is -1.08. The Hall–Kier alpha value is -2.44. The zero-order valence-corrected chi connectivity index (χ0v) is 35.7. The lowest BCUT2D eigenvalue weighted by molar-refractivity contribution is -0.285. The zero-order chi connectivity index (χ0) is 41.5. The van der Waals surface area contributed by atoms with Gasteiger partial charge in [0.15, 0.2) is 5.78 Å². The molecule has 56 heavy (non-hydrogen) atoms. The quantitative estimate of drug-likeness (QED) is 0.154. The van der Waals surface area contributed by atoms with Crippen molar-refractivity contribution < 1.29 is 48.7 Å². The van der Waals surface area contributed by atoms with E-state index in [4.69, 9.17) is 14.2 Å². The third kappa shape index (κ3) is 10.8. The second-order valence-corrected chi connectivity index (χ2v) is 17.9. The van der Waals surface area contributed by atoms with Gasteiger partial charge >= 0.3 is 5.97 Å². The van der Waals surface area contributed by atoms with Crippen molar-refractivity contribution >= 4 is 23.4 Å². The van der Waals surface area contributed by atoms with E-state index in [-0.39, 0.29) is 60.9 Å². The molecule has 11 heteroatoms. The summed E-state index contributed by atoms with van der Waals surface area (Å²) in [5.74, 6) is -6.07. The SMILES string of the molecule is CCC1=CC(C)C[C@H](C)C[C@H](CC)[C@H]2O[C@@](O)(C(=O)C(=O)N3CCCCC3C(=O)O[C@H](C(C)=C[C@@H]3CC[C@@H](O)[C@H](OC)C3)[C@H](C)[C@@H](O)CC1=O)[C@H](C)C[C@@H]2CC. The fourth-order valence-electron chi connectivity index (χ4n) is 10.2. The number of carbonyl (C=O) groups excluding carboxylic acids is 4. The summed E-state index contributed by atoms with van der Waals surface area (Å²) in [4.78, 5) is 57.9. The number of aliphatic hydroxyl groups is 3. The third-order valence-corrected chi connectivity index (χ3v) is 13.6. The van der Waals surface area contributed by atoms with Crippen molar-refractivity contribution in [3.05, 3.63) is 23.3 Å². The highest BCUT2D eigenvalue weighted by atomic mass is 16.6. The number of esters is 1. The van der Waals surface area contributed by atoms with Gasteiger partial charge in [0.1, 0.15) is 12.1 Å². The molecular formula is C45H73NO10. The Kier molecular flexibility index (Phi) is 16.9. The molecule has 14 atom stereocenters. The maximum Gasteiger partial charge on any atom is 0.329 e. The second kappa shape index (κ2) is 20.5. The van der Waals surface area contributed by atoms with Crippen LogP contribution in [0.5, 0.6) is 0 Å². The van der Waals surface area contributed by atoms with E-state index in [1.165, 1.54) is 4.90 Å². The van der Waals surface area contributed by atoms with Gasteiger partial charge in [-0.15, -0.1) is 0 Å². The number of allylic oxidation sites excluding steroid dienone is 3. The molecule has 0 aromatic rings. The van der Waals surface area contributed by atoms with Crippen molar-refractivity contribution in [1.29, 1.82) is 0 Å². The summed E-state index contributed by atoms with van der Waals surface area (Å²) < 4.78 is 18.3. The fourth-order valence-corrected chi connectivity index (χ4v) is 10.2. The van der Waals surface area contributed by atoms with Crippen LogP contribution >= 0.6 is 0 Å². The Morgan fingerprint density at radius 2 is 1.61 bits per heavy atom. The smallest absolute Gasteiger partial charge is 0.329 e. The zero-order valence-electron chi connectivity index (χ0n) is 35.7. The van der Waals surface area contributed by atoms with Crippen LogP contribution in [0, 0.1) is 41.4 Å². The van der Waals surface area contributed by atoms with E-state index in [2.05, 4.69) is 27.7 Å². The molecule has 2 unspecified atom stereocenters. The first-order valence-electron chi connectivity index (χ1n) is 21.8. The molecule has 0 radical (unpaired) electrons. The van der Waals surface area contributed by atoms with Gasteiger partial charge in [-0.1, -0.05) is 73.5 Å². The fraction of sp³-hybridized carbons (Fsp3) is 0.822. The Bertz CT molecular complexity index is 1430. The summed E-state index contributed by atoms with van der Waals surface area (Å²) in [7, 11) is 1.57. The van der Waals surface area contributed by atoms with Crippen molar-refractivity contribution in [2.75, 3.05) is 13.7 Å². The maximum atomic E-state index is 14.3. The molecule has 3 aliphatic heterocycles. The molecule has 4 rings (SSSR count). The maximum absolute atomic E-state index is 14.3. The Morgan fingerprint density at radius 1 is 0.929 bits per heavy atom. The lowest BCUT2D eigenvalue weighted by Crippen LogP contribution is -2.62. The first-order chi connectivity index (χ1) is 26.5. The predicted molar refractivity (Wildman–Crippen MR) is 214 cm³/mol. The number of carbonyl (C=O) groups is 4. The molecule has 1 amide bonds. The number of nitrogens with zero attached hydrogens (tertiary/aromatic N) is 1. The van der Waals surface area contributed by atoms with Crippen LogP contribution in [-0.2, 0) is 33.4 Å². The van der Waals surface area contributed by atoms with Crippen molar-refractivity contribution in [2.24, 2.45) is 41.4 Å². The van der Waals surface area contributed by atoms with Gasteiger partial charge in [-0.25, -0.2) is 4.79 Å². The van der Waals surface area contributed by atoms with Crippen molar-refractivity contribution in [1.82, 2.24) is 4.90 Å².